The number of hydrogen-bond donors (Lipinski definition) is 1. The van der Waals surface area contributed by atoms with E-state index in [9.17, 15) is 8.78 Å². The molecule has 1 unspecified atom stereocenters. The van der Waals surface area contributed by atoms with Gasteiger partial charge in [0.05, 0.1) is 6.04 Å². The Balaban J connectivity index is 2.07. The summed E-state index contributed by atoms with van der Waals surface area (Å²) in [7, 11) is 0. The number of nitrogens with one attached hydrogen (secondary N) is 1. The molecule has 0 spiro atoms. The van der Waals surface area contributed by atoms with Crippen LogP contribution in [0.3, 0.4) is 0 Å². The molecule has 0 bridgehead atoms. The first-order valence-corrected chi connectivity index (χ1v) is 7.07. The maximum Gasteiger partial charge on any atom is 0.165 e. The molecule has 0 amide bonds. The molecule has 0 saturated heterocycles. The van der Waals surface area contributed by atoms with Gasteiger partial charge in [0.2, 0.25) is 0 Å². The number of halogens is 2. The van der Waals surface area contributed by atoms with Gasteiger partial charge in [0.1, 0.15) is 12.4 Å². The van der Waals surface area contributed by atoms with Gasteiger partial charge in [-0.05, 0) is 30.7 Å². The van der Waals surface area contributed by atoms with Crippen molar-refractivity contribution < 1.29 is 13.5 Å². The second-order valence-electron chi connectivity index (χ2n) is 4.80. The molecule has 0 aliphatic carbocycles. The first-order chi connectivity index (χ1) is 10.2. The second-order valence-corrected chi connectivity index (χ2v) is 4.80. The second kappa shape index (κ2) is 7.74. The van der Waals surface area contributed by atoms with Gasteiger partial charge in [-0.3, -0.25) is 0 Å². The van der Waals surface area contributed by atoms with Crippen molar-refractivity contribution in [3.05, 3.63) is 65.7 Å². The fourth-order valence-electron chi connectivity index (χ4n) is 2.04. The lowest BCUT2D eigenvalue weighted by Gasteiger charge is -2.19. The first kappa shape index (κ1) is 15.4. The van der Waals surface area contributed by atoms with Gasteiger partial charge < -0.3 is 10.1 Å². The minimum atomic E-state index is -0.557. The highest BCUT2D eigenvalue weighted by atomic mass is 19.1. The Morgan fingerprint density at radius 2 is 1.86 bits per heavy atom. The van der Waals surface area contributed by atoms with Crippen LogP contribution in [-0.2, 0) is 0 Å². The van der Waals surface area contributed by atoms with Gasteiger partial charge in [-0.25, -0.2) is 8.78 Å². The summed E-state index contributed by atoms with van der Waals surface area (Å²) in [6.45, 7) is 3.14. The molecule has 2 rings (SSSR count). The van der Waals surface area contributed by atoms with Crippen molar-refractivity contribution in [1.82, 2.24) is 5.32 Å². The Morgan fingerprint density at radius 1 is 1.10 bits per heavy atom. The molecule has 112 valence electrons. The van der Waals surface area contributed by atoms with Crippen molar-refractivity contribution in [2.45, 2.75) is 19.4 Å². The lowest BCUT2D eigenvalue weighted by atomic mass is 10.1. The van der Waals surface area contributed by atoms with E-state index in [2.05, 4.69) is 12.2 Å². The summed E-state index contributed by atoms with van der Waals surface area (Å²) in [4.78, 5) is 0. The molecule has 21 heavy (non-hydrogen) atoms. The summed E-state index contributed by atoms with van der Waals surface area (Å²) in [6.07, 6.45) is 0.984. The van der Waals surface area contributed by atoms with Crippen molar-refractivity contribution in [2.75, 3.05) is 13.2 Å². The van der Waals surface area contributed by atoms with Crippen LogP contribution in [0.4, 0.5) is 8.78 Å². The summed E-state index contributed by atoms with van der Waals surface area (Å²) in [5.41, 5.74) is 1.06. The molecule has 2 nitrogen and oxygen atoms in total. The Hall–Kier alpha value is -1.94. The van der Waals surface area contributed by atoms with Gasteiger partial charge in [0.15, 0.2) is 11.6 Å². The average Bonchev–Trinajstić information content (AvgIpc) is 2.51. The smallest absolute Gasteiger partial charge is 0.165 e. The van der Waals surface area contributed by atoms with Gasteiger partial charge in [-0.1, -0.05) is 37.3 Å². The van der Waals surface area contributed by atoms with Crippen LogP contribution in [0.25, 0.3) is 0 Å². The van der Waals surface area contributed by atoms with Gasteiger partial charge in [0, 0.05) is 6.07 Å². The molecule has 1 N–H and O–H groups in total. The summed E-state index contributed by atoms with van der Waals surface area (Å²) in [5.74, 6) is -1.13. The molecule has 0 fully saturated rings. The molecule has 0 aliphatic heterocycles. The van der Waals surface area contributed by atoms with E-state index in [1.54, 1.807) is 0 Å². The van der Waals surface area contributed by atoms with Crippen LogP contribution in [-0.4, -0.2) is 13.2 Å². The van der Waals surface area contributed by atoms with Crippen LogP contribution in [0.15, 0.2) is 48.5 Å². The van der Waals surface area contributed by atoms with E-state index in [0.717, 1.165) is 36.7 Å². The highest BCUT2D eigenvalue weighted by Crippen LogP contribution is 2.20. The quantitative estimate of drug-likeness (QED) is 0.830. The highest BCUT2D eigenvalue weighted by Gasteiger charge is 2.13. The summed E-state index contributed by atoms with van der Waals surface area (Å²) in [6, 6.07) is 12.9. The standard InChI is InChI=1S/C17H19F2NO/c1-2-10-20-16(13-6-4-3-5-7-13)12-21-17-11-14(18)8-9-15(17)19/h3-9,11,16,20H,2,10,12H2,1H3. The third-order valence-corrected chi connectivity index (χ3v) is 3.14. The third kappa shape index (κ3) is 4.53. The van der Waals surface area contributed by atoms with Crippen LogP contribution in [0.5, 0.6) is 5.75 Å². The van der Waals surface area contributed by atoms with Crippen LogP contribution in [0.1, 0.15) is 24.9 Å². The van der Waals surface area contributed by atoms with Crippen LogP contribution < -0.4 is 10.1 Å². The van der Waals surface area contributed by atoms with E-state index in [1.165, 1.54) is 0 Å². The third-order valence-electron chi connectivity index (χ3n) is 3.14. The lowest BCUT2D eigenvalue weighted by Crippen LogP contribution is -2.27. The average molecular weight is 291 g/mol. The van der Waals surface area contributed by atoms with Gasteiger partial charge in [-0.2, -0.15) is 0 Å². The van der Waals surface area contributed by atoms with Crippen molar-refractivity contribution >= 4 is 0 Å². The Kier molecular flexibility index (Phi) is 5.69. The summed E-state index contributed by atoms with van der Waals surface area (Å²) in [5, 5.41) is 3.35. The molecule has 0 heterocycles. The minimum Gasteiger partial charge on any atom is -0.488 e. The van der Waals surface area contributed by atoms with E-state index in [-0.39, 0.29) is 18.4 Å². The highest BCUT2D eigenvalue weighted by molar-refractivity contribution is 5.25. The Bertz CT molecular complexity index is 560. The first-order valence-electron chi connectivity index (χ1n) is 7.07. The van der Waals surface area contributed by atoms with Gasteiger partial charge in [-0.15, -0.1) is 0 Å². The molecule has 0 aliphatic rings. The van der Waals surface area contributed by atoms with Crippen LogP contribution in [0.2, 0.25) is 0 Å². The summed E-state index contributed by atoms with van der Waals surface area (Å²) >= 11 is 0. The zero-order chi connectivity index (χ0) is 15.1. The van der Waals surface area contributed by atoms with E-state index < -0.39 is 11.6 Å². The van der Waals surface area contributed by atoms with Crippen molar-refractivity contribution in [3.63, 3.8) is 0 Å². The van der Waals surface area contributed by atoms with Crippen molar-refractivity contribution in [2.24, 2.45) is 0 Å². The predicted molar refractivity (Wildman–Crippen MR) is 79.3 cm³/mol. The zero-order valence-corrected chi connectivity index (χ0v) is 12.0. The number of rotatable bonds is 7. The van der Waals surface area contributed by atoms with Crippen LogP contribution >= 0.6 is 0 Å². The van der Waals surface area contributed by atoms with Crippen LogP contribution in [0, 0.1) is 11.6 Å². The fourth-order valence-corrected chi connectivity index (χ4v) is 2.04. The van der Waals surface area contributed by atoms with E-state index in [4.69, 9.17) is 4.74 Å². The van der Waals surface area contributed by atoms with Crippen molar-refractivity contribution in [3.8, 4) is 5.75 Å². The monoisotopic (exact) mass is 291 g/mol. The molecular formula is C17H19F2NO. The van der Waals surface area contributed by atoms with E-state index >= 15 is 0 Å². The van der Waals surface area contributed by atoms with Crippen molar-refractivity contribution in [1.29, 1.82) is 0 Å². The van der Waals surface area contributed by atoms with E-state index in [0.29, 0.717) is 0 Å². The maximum absolute atomic E-state index is 13.6. The largest absolute Gasteiger partial charge is 0.488 e. The molecule has 1 atom stereocenters. The van der Waals surface area contributed by atoms with E-state index in [1.807, 2.05) is 30.3 Å². The maximum atomic E-state index is 13.6. The SMILES string of the molecule is CCCNC(COc1cc(F)ccc1F)c1ccccc1. The molecule has 0 radical (unpaired) electrons. The van der Waals surface area contributed by atoms with Gasteiger partial charge in [0.25, 0.3) is 0 Å². The number of hydrogen-bond acceptors (Lipinski definition) is 2. The predicted octanol–water partition coefficient (Wildman–Crippen LogP) is 4.08. The zero-order valence-electron chi connectivity index (χ0n) is 12.0. The molecule has 0 aromatic heterocycles. The molecule has 2 aromatic carbocycles. The fraction of sp³-hybridized carbons (Fsp3) is 0.294. The molecular weight excluding hydrogens is 272 g/mol. The topological polar surface area (TPSA) is 21.3 Å². The van der Waals surface area contributed by atoms with Gasteiger partial charge >= 0.3 is 0 Å². The number of ether oxygens (including phenoxy) is 1. The lowest BCUT2D eigenvalue weighted by molar-refractivity contribution is 0.254. The number of benzene rings is 2. The molecule has 4 heteroatoms. The Labute approximate surface area is 123 Å². The molecule has 2 aromatic rings. The molecule has 0 saturated carbocycles. The normalized spacial score (nSPS) is 12.1. The Morgan fingerprint density at radius 3 is 2.57 bits per heavy atom. The summed E-state index contributed by atoms with van der Waals surface area (Å²) < 4.78 is 32.2. The minimum absolute atomic E-state index is 0.0609.